The lowest BCUT2D eigenvalue weighted by molar-refractivity contribution is -0.0886. The highest BCUT2D eigenvalue weighted by atomic mass is 16.5. The first-order valence-electron chi connectivity index (χ1n) is 5.60. The molecule has 1 unspecified atom stereocenters. The minimum Gasteiger partial charge on any atom is -0.383 e. The molecular formula is C11H24N2O2. The molecule has 0 aromatic rings. The van der Waals surface area contributed by atoms with E-state index < -0.39 is 0 Å². The van der Waals surface area contributed by atoms with Gasteiger partial charge in [-0.2, -0.15) is 0 Å². The topological polar surface area (TPSA) is 33.7 Å². The summed E-state index contributed by atoms with van der Waals surface area (Å²) in [6.45, 7) is 8.91. The van der Waals surface area contributed by atoms with Crippen molar-refractivity contribution in [2.24, 2.45) is 0 Å². The van der Waals surface area contributed by atoms with Gasteiger partial charge in [0.15, 0.2) is 0 Å². The van der Waals surface area contributed by atoms with E-state index in [2.05, 4.69) is 24.1 Å². The summed E-state index contributed by atoms with van der Waals surface area (Å²) in [5.41, 5.74) is -0.0103. The van der Waals surface area contributed by atoms with Crippen LogP contribution in [0.3, 0.4) is 0 Å². The zero-order chi connectivity index (χ0) is 11.3. The third-order valence-electron chi connectivity index (χ3n) is 2.76. The van der Waals surface area contributed by atoms with Gasteiger partial charge in [0.25, 0.3) is 0 Å². The maximum Gasteiger partial charge on any atom is 0.0753 e. The predicted molar refractivity (Wildman–Crippen MR) is 61.2 cm³/mol. The molecule has 4 heteroatoms. The second kappa shape index (κ2) is 5.80. The van der Waals surface area contributed by atoms with Gasteiger partial charge < -0.3 is 14.8 Å². The first kappa shape index (κ1) is 12.9. The smallest absolute Gasteiger partial charge is 0.0753 e. The van der Waals surface area contributed by atoms with Crippen molar-refractivity contribution >= 4 is 0 Å². The largest absolute Gasteiger partial charge is 0.383 e. The van der Waals surface area contributed by atoms with Crippen molar-refractivity contribution in [1.82, 2.24) is 10.2 Å². The SMILES string of the molecule is CNC(COC)CN1CCOC(C)(C)C1. The number of morpholine rings is 1. The number of ether oxygens (including phenoxy) is 2. The van der Waals surface area contributed by atoms with E-state index in [9.17, 15) is 0 Å². The van der Waals surface area contributed by atoms with Crippen LogP contribution in [0.4, 0.5) is 0 Å². The Balaban J connectivity index is 2.36. The number of nitrogens with zero attached hydrogens (tertiary/aromatic N) is 1. The number of rotatable bonds is 5. The molecule has 0 radical (unpaired) electrons. The molecule has 0 spiro atoms. The molecule has 4 nitrogen and oxygen atoms in total. The molecule has 90 valence electrons. The number of methoxy groups -OCH3 is 1. The Bertz CT molecular complexity index is 185. The van der Waals surface area contributed by atoms with Crippen molar-refractivity contribution in [3.63, 3.8) is 0 Å². The van der Waals surface area contributed by atoms with E-state index >= 15 is 0 Å². The van der Waals surface area contributed by atoms with Gasteiger partial charge in [-0.05, 0) is 20.9 Å². The van der Waals surface area contributed by atoms with Crippen LogP contribution in [0.1, 0.15) is 13.8 Å². The molecule has 1 rings (SSSR count). The van der Waals surface area contributed by atoms with E-state index in [0.29, 0.717) is 6.04 Å². The molecule has 1 saturated heterocycles. The minimum atomic E-state index is -0.0103. The molecule has 0 aromatic carbocycles. The molecule has 1 N–H and O–H groups in total. The molecule has 0 amide bonds. The van der Waals surface area contributed by atoms with Gasteiger partial charge in [0, 0.05) is 32.8 Å². The van der Waals surface area contributed by atoms with Crippen molar-refractivity contribution in [3.05, 3.63) is 0 Å². The van der Waals surface area contributed by atoms with E-state index in [0.717, 1.165) is 32.8 Å². The highest BCUT2D eigenvalue weighted by molar-refractivity contribution is 4.81. The summed E-state index contributed by atoms with van der Waals surface area (Å²) >= 11 is 0. The molecular weight excluding hydrogens is 192 g/mol. The highest BCUT2D eigenvalue weighted by Gasteiger charge is 2.28. The lowest BCUT2D eigenvalue weighted by atomic mass is 10.1. The second-order valence-corrected chi connectivity index (χ2v) is 4.78. The average Bonchev–Trinajstić information content (AvgIpc) is 2.15. The van der Waals surface area contributed by atoms with Gasteiger partial charge in [-0.3, -0.25) is 4.90 Å². The Hall–Kier alpha value is -0.160. The summed E-state index contributed by atoms with van der Waals surface area (Å²) in [6, 6.07) is 0.406. The number of nitrogens with one attached hydrogen (secondary N) is 1. The van der Waals surface area contributed by atoms with Crippen LogP contribution in [-0.4, -0.2) is 63.5 Å². The quantitative estimate of drug-likeness (QED) is 0.718. The molecule has 1 heterocycles. The van der Waals surface area contributed by atoms with E-state index in [1.165, 1.54) is 0 Å². The van der Waals surface area contributed by atoms with Crippen LogP contribution in [0, 0.1) is 0 Å². The fourth-order valence-electron chi connectivity index (χ4n) is 2.01. The highest BCUT2D eigenvalue weighted by Crippen LogP contribution is 2.16. The van der Waals surface area contributed by atoms with Crippen LogP contribution in [-0.2, 0) is 9.47 Å². The summed E-state index contributed by atoms with van der Waals surface area (Å²) in [7, 11) is 3.73. The molecule has 1 fully saturated rings. The summed E-state index contributed by atoms with van der Waals surface area (Å²) in [5.74, 6) is 0. The lowest BCUT2D eigenvalue weighted by Gasteiger charge is -2.39. The molecule has 1 aliphatic heterocycles. The van der Waals surface area contributed by atoms with Gasteiger partial charge in [0.1, 0.15) is 0 Å². The van der Waals surface area contributed by atoms with Crippen molar-refractivity contribution in [1.29, 1.82) is 0 Å². The lowest BCUT2D eigenvalue weighted by Crippen LogP contribution is -2.52. The first-order valence-corrected chi connectivity index (χ1v) is 5.60. The maximum absolute atomic E-state index is 5.68. The average molecular weight is 216 g/mol. The van der Waals surface area contributed by atoms with Gasteiger partial charge in [-0.25, -0.2) is 0 Å². The summed E-state index contributed by atoms with van der Waals surface area (Å²) in [4.78, 5) is 2.43. The van der Waals surface area contributed by atoms with E-state index in [-0.39, 0.29) is 5.60 Å². The number of hydrogen-bond donors (Lipinski definition) is 1. The Morgan fingerprint density at radius 2 is 2.27 bits per heavy atom. The van der Waals surface area contributed by atoms with Crippen LogP contribution in [0.15, 0.2) is 0 Å². The van der Waals surface area contributed by atoms with Gasteiger partial charge in [0.2, 0.25) is 0 Å². The van der Waals surface area contributed by atoms with Crippen LogP contribution in [0.2, 0.25) is 0 Å². The Morgan fingerprint density at radius 1 is 1.53 bits per heavy atom. The Labute approximate surface area is 92.9 Å². The zero-order valence-corrected chi connectivity index (χ0v) is 10.4. The Morgan fingerprint density at radius 3 is 2.80 bits per heavy atom. The first-order chi connectivity index (χ1) is 7.07. The minimum absolute atomic E-state index is 0.0103. The van der Waals surface area contributed by atoms with Crippen LogP contribution in [0.25, 0.3) is 0 Å². The van der Waals surface area contributed by atoms with Gasteiger partial charge >= 0.3 is 0 Å². The normalized spacial score (nSPS) is 24.0. The van der Waals surface area contributed by atoms with E-state index in [1.807, 2.05) is 7.05 Å². The Kier molecular flexibility index (Phi) is 4.99. The molecule has 0 aliphatic carbocycles. The maximum atomic E-state index is 5.68. The third-order valence-corrected chi connectivity index (χ3v) is 2.76. The number of likely N-dealkylation sites (N-methyl/N-ethyl adjacent to an activating group) is 1. The predicted octanol–water partition coefficient (Wildman–Crippen LogP) is 0.332. The van der Waals surface area contributed by atoms with E-state index in [1.54, 1.807) is 7.11 Å². The summed E-state index contributed by atoms with van der Waals surface area (Å²) < 4.78 is 10.8. The monoisotopic (exact) mass is 216 g/mol. The van der Waals surface area contributed by atoms with Gasteiger partial charge in [-0.1, -0.05) is 0 Å². The van der Waals surface area contributed by atoms with Gasteiger partial charge in [-0.15, -0.1) is 0 Å². The summed E-state index contributed by atoms with van der Waals surface area (Å²) in [6.07, 6.45) is 0. The molecule has 0 bridgehead atoms. The molecule has 15 heavy (non-hydrogen) atoms. The van der Waals surface area contributed by atoms with Crippen molar-refractivity contribution in [3.8, 4) is 0 Å². The van der Waals surface area contributed by atoms with Gasteiger partial charge in [0.05, 0.1) is 18.8 Å². The third kappa shape index (κ3) is 4.47. The molecule has 0 aromatic heterocycles. The molecule has 0 saturated carbocycles. The van der Waals surface area contributed by atoms with Crippen molar-refractivity contribution < 1.29 is 9.47 Å². The van der Waals surface area contributed by atoms with Crippen LogP contribution < -0.4 is 5.32 Å². The van der Waals surface area contributed by atoms with Crippen LogP contribution >= 0.6 is 0 Å². The summed E-state index contributed by atoms with van der Waals surface area (Å²) in [5, 5.41) is 3.27. The second-order valence-electron chi connectivity index (χ2n) is 4.78. The molecule has 1 aliphatic rings. The standard InChI is InChI=1S/C11H24N2O2/c1-11(2)9-13(5-6-15-11)7-10(12-3)8-14-4/h10,12H,5-9H2,1-4H3. The number of hydrogen-bond acceptors (Lipinski definition) is 4. The zero-order valence-electron chi connectivity index (χ0n) is 10.4. The van der Waals surface area contributed by atoms with E-state index in [4.69, 9.17) is 9.47 Å². The van der Waals surface area contributed by atoms with Crippen LogP contribution in [0.5, 0.6) is 0 Å². The fourth-order valence-corrected chi connectivity index (χ4v) is 2.01. The van der Waals surface area contributed by atoms with Crippen molar-refractivity contribution in [2.45, 2.75) is 25.5 Å². The molecule has 1 atom stereocenters. The fraction of sp³-hybridized carbons (Fsp3) is 1.00. The van der Waals surface area contributed by atoms with Crippen molar-refractivity contribution in [2.75, 3.05) is 47.0 Å².